The normalized spacial score (nSPS) is 14.3. The van der Waals surface area contributed by atoms with Crippen molar-refractivity contribution in [1.29, 1.82) is 0 Å². The summed E-state index contributed by atoms with van der Waals surface area (Å²) in [5, 5.41) is 0.704. The fourth-order valence-corrected chi connectivity index (χ4v) is 3.19. The number of hydrogen-bond acceptors (Lipinski definition) is 3. The molecular weight excluding hydrogens is 301 g/mol. The molecule has 2 nitrogen and oxygen atoms in total. The summed E-state index contributed by atoms with van der Waals surface area (Å²) < 4.78 is 6.65. The summed E-state index contributed by atoms with van der Waals surface area (Å²) in [6, 6.07) is 11.3. The van der Waals surface area contributed by atoms with Gasteiger partial charge in [0.1, 0.15) is 6.10 Å². The zero-order valence-electron chi connectivity index (χ0n) is 10.5. The Morgan fingerprint density at radius 2 is 1.95 bits per heavy atom. The van der Waals surface area contributed by atoms with Crippen molar-refractivity contribution < 1.29 is 4.74 Å². The van der Waals surface area contributed by atoms with Crippen LogP contribution in [-0.2, 0) is 11.3 Å². The van der Waals surface area contributed by atoms with Crippen LogP contribution >= 0.6 is 34.5 Å². The largest absolute Gasteiger partial charge is 0.366 e. The number of thiophene rings is 1. The average Bonchev–Trinajstić information content (AvgIpc) is 2.78. The van der Waals surface area contributed by atoms with Gasteiger partial charge in [0.15, 0.2) is 0 Å². The van der Waals surface area contributed by atoms with Crippen LogP contribution in [0.15, 0.2) is 36.4 Å². The lowest BCUT2D eigenvalue weighted by Gasteiger charge is -2.20. The van der Waals surface area contributed by atoms with E-state index in [-0.39, 0.29) is 12.1 Å². The Morgan fingerprint density at radius 3 is 2.53 bits per heavy atom. The minimum atomic E-state index is -0.172. The van der Waals surface area contributed by atoms with Crippen molar-refractivity contribution in [1.82, 2.24) is 0 Å². The molecule has 2 N–H and O–H groups in total. The van der Waals surface area contributed by atoms with Gasteiger partial charge < -0.3 is 10.5 Å². The van der Waals surface area contributed by atoms with Gasteiger partial charge in [0.05, 0.1) is 10.9 Å². The summed E-state index contributed by atoms with van der Waals surface area (Å²) in [5.74, 6) is 0. The lowest BCUT2D eigenvalue weighted by atomic mass is 10.1. The second-order valence-corrected chi connectivity index (χ2v) is 6.48. The highest BCUT2D eigenvalue weighted by Gasteiger charge is 2.19. The number of ether oxygens (including phenoxy) is 1. The maximum atomic E-state index is 6.11. The molecule has 2 aromatic rings. The van der Waals surface area contributed by atoms with Gasteiger partial charge in [0.25, 0.3) is 0 Å². The van der Waals surface area contributed by atoms with E-state index in [1.165, 1.54) is 11.3 Å². The predicted molar refractivity (Wildman–Crippen MR) is 82.0 cm³/mol. The van der Waals surface area contributed by atoms with Gasteiger partial charge in [-0.1, -0.05) is 41.4 Å². The van der Waals surface area contributed by atoms with E-state index in [4.69, 9.17) is 33.7 Å². The lowest BCUT2D eigenvalue weighted by Crippen LogP contribution is -2.26. The van der Waals surface area contributed by atoms with Crippen LogP contribution in [0.5, 0.6) is 0 Å². The molecule has 2 unspecified atom stereocenters. The standard InChI is InChI=1S/C14H15Cl2NOS/c1-9(17)14(12-6-7-13(16)19-12)18-8-10-4-2-3-5-11(10)15/h2-7,9,14H,8,17H2,1H3. The van der Waals surface area contributed by atoms with Crippen molar-refractivity contribution in [2.24, 2.45) is 5.73 Å². The molecule has 0 saturated heterocycles. The van der Waals surface area contributed by atoms with E-state index < -0.39 is 0 Å². The van der Waals surface area contributed by atoms with Crippen LogP contribution in [0.25, 0.3) is 0 Å². The van der Waals surface area contributed by atoms with Crippen LogP contribution in [0.2, 0.25) is 9.36 Å². The van der Waals surface area contributed by atoms with Crippen LogP contribution in [0.1, 0.15) is 23.5 Å². The van der Waals surface area contributed by atoms with Gasteiger partial charge >= 0.3 is 0 Å². The maximum Gasteiger partial charge on any atom is 0.107 e. The zero-order chi connectivity index (χ0) is 13.8. The Morgan fingerprint density at radius 1 is 1.21 bits per heavy atom. The Bertz CT molecular complexity index is 542. The van der Waals surface area contributed by atoms with Crippen molar-refractivity contribution in [3.8, 4) is 0 Å². The van der Waals surface area contributed by atoms with Crippen LogP contribution < -0.4 is 5.73 Å². The van der Waals surface area contributed by atoms with E-state index in [2.05, 4.69) is 0 Å². The van der Waals surface area contributed by atoms with Gasteiger partial charge in [-0.15, -0.1) is 11.3 Å². The van der Waals surface area contributed by atoms with Gasteiger partial charge in [-0.2, -0.15) is 0 Å². The van der Waals surface area contributed by atoms with Gasteiger partial charge in [-0.05, 0) is 30.7 Å². The Kier molecular flexibility index (Phi) is 5.25. The van der Waals surface area contributed by atoms with E-state index in [0.29, 0.717) is 11.6 Å². The smallest absolute Gasteiger partial charge is 0.107 e. The zero-order valence-corrected chi connectivity index (χ0v) is 12.8. The molecule has 0 aliphatic rings. The molecule has 0 bridgehead atoms. The SMILES string of the molecule is CC(N)C(OCc1ccccc1Cl)c1ccc(Cl)s1. The van der Waals surface area contributed by atoms with Crippen molar-refractivity contribution in [2.75, 3.05) is 0 Å². The Labute approximate surface area is 127 Å². The molecule has 2 atom stereocenters. The summed E-state index contributed by atoms with van der Waals surface area (Å²) in [7, 11) is 0. The third-order valence-electron chi connectivity index (χ3n) is 2.73. The van der Waals surface area contributed by atoms with Crippen LogP contribution in [0, 0.1) is 0 Å². The highest BCUT2D eigenvalue weighted by atomic mass is 35.5. The lowest BCUT2D eigenvalue weighted by molar-refractivity contribution is 0.0283. The quantitative estimate of drug-likeness (QED) is 0.870. The molecule has 102 valence electrons. The van der Waals surface area contributed by atoms with Crippen molar-refractivity contribution in [3.63, 3.8) is 0 Å². The third-order valence-corrected chi connectivity index (χ3v) is 4.39. The molecular formula is C14H15Cl2NOS. The first-order chi connectivity index (χ1) is 9.08. The Hall–Kier alpha value is -0.580. The van der Waals surface area contributed by atoms with Crippen molar-refractivity contribution >= 4 is 34.5 Å². The number of halogens is 2. The second-order valence-electron chi connectivity index (χ2n) is 4.32. The summed E-state index contributed by atoms with van der Waals surface area (Å²) in [6.45, 7) is 2.35. The molecule has 1 aromatic carbocycles. The maximum absolute atomic E-state index is 6.11. The average molecular weight is 316 g/mol. The molecule has 0 aliphatic carbocycles. The molecule has 0 fully saturated rings. The van der Waals surface area contributed by atoms with E-state index in [9.17, 15) is 0 Å². The van der Waals surface area contributed by atoms with E-state index in [1.807, 2.05) is 43.3 Å². The highest BCUT2D eigenvalue weighted by molar-refractivity contribution is 7.16. The summed E-state index contributed by atoms with van der Waals surface area (Å²) in [6.07, 6.45) is -0.172. The third kappa shape index (κ3) is 3.94. The molecule has 0 radical (unpaired) electrons. The fraction of sp³-hybridized carbons (Fsp3) is 0.286. The summed E-state index contributed by atoms with van der Waals surface area (Å²) in [4.78, 5) is 1.03. The molecule has 2 rings (SSSR count). The fourth-order valence-electron chi connectivity index (χ4n) is 1.77. The highest BCUT2D eigenvalue weighted by Crippen LogP contribution is 2.31. The molecule has 5 heteroatoms. The van der Waals surface area contributed by atoms with Crippen LogP contribution in [-0.4, -0.2) is 6.04 Å². The van der Waals surface area contributed by atoms with Gasteiger partial charge in [-0.3, -0.25) is 0 Å². The van der Waals surface area contributed by atoms with Crippen LogP contribution in [0.3, 0.4) is 0 Å². The van der Waals surface area contributed by atoms with E-state index in [1.54, 1.807) is 0 Å². The summed E-state index contributed by atoms with van der Waals surface area (Å²) in [5.41, 5.74) is 6.94. The van der Waals surface area contributed by atoms with Crippen LogP contribution in [0.4, 0.5) is 0 Å². The molecule has 1 aromatic heterocycles. The van der Waals surface area contributed by atoms with E-state index >= 15 is 0 Å². The topological polar surface area (TPSA) is 35.2 Å². The van der Waals surface area contributed by atoms with Crippen molar-refractivity contribution in [3.05, 3.63) is 56.2 Å². The minimum Gasteiger partial charge on any atom is -0.366 e. The predicted octanol–water partition coefficient (Wildman–Crippen LogP) is 4.66. The first-order valence-corrected chi connectivity index (χ1v) is 7.51. The first kappa shape index (κ1) is 14.8. The van der Waals surface area contributed by atoms with Gasteiger partial charge in [-0.25, -0.2) is 0 Å². The van der Waals surface area contributed by atoms with E-state index in [0.717, 1.165) is 14.8 Å². The van der Waals surface area contributed by atoms with Gasteiger partial charge in [0, 0.05) is 15.9 Å². The molecule has 0 spiro atoms. The molecule has 0 saturated carbocycles. The number of benzene rings is 1. The molecule has 0 amide bonds. The van der Waals surface area contributed by atoms with Crippen molar-refractivity contribution in [2.45, 2.75) is 25.7 Å². The van der Waals surface area contributed by atoms with Gasteiger partial charge in [0.2, 0.25) is 0 Å². The number of nitrogens with two attached hydrogens (primary N) is 1. The monoisotopic (exact) mass is 315 g/mol. The molecule has 1 heterocycles. The molecule has 19 heavy (non-hydrogen) atoms. The minimum absolute atomic E-state index is 0.114. The summed E-state index contributed by atoms with van der Waals surface area (Å²) >= 11 is 13.6. The number of hydrogen-bond donors (Lipinski definition) is 1. The molecule has 0 aliphatic heterocycles. The first-order valence-electron chi connectivity index (χ1n) is 5.93. The Balaban J connectivity index is 2.08. The number of rotatable bonds is 5. The second kappa shape index (κ2) is 6.73.